The van der Waals surface area contributed by atoms with Gasteiger partial charge in [0.25, 0.3) is 0 Å². The lowest BCUT2D eigenvalue weighted by molar-refractivity contribution is 0.801. The molecule has 0 unspecified atom stereocenters. The molecule has 3 heteroatoms. The maximum absolute atomic E-state index is 5.73. The number of hydrogen-bond acceptors (Lipinski definition) is 3. The highest BCUT2D eigenvalue weighted by atomic mass is 14.9. The van der Waals surface area contributed by atoms with Crippen LogP contribution in [-0.4, -0.2) is 16.5 Å². The molecule has 1 heterocycles. The number of benzene rings is 1. The molecule has 0 aliphatic carbocycles. The molecule has 0 saturated carbocycles. The monoisotopic (exact) mass is 283 g/mol. The van der Waals surface area contributed by atoms with Crippen molar-refractivity contribution < 1.29 is 0 Å². The molecule has 0 fully saturated rings. The van der Waals surface area contributed by atoms with Crippen LogP contribution in [0.25, 0.3) is 0 Å². The van der Waals surface area contributed by atoms with Gasteiger partial charge in [0.15, 0.2) is 0 Å². The van der Waals surface area contributed by atoms with Crippen LogP contribution in [0.4, 0.5) is 0 Å². The largest absolute Gasteiger partial charge is 0.330 e. The molecule has 0 aliphatic heterocycles. The third-order valence-electron chi connectivity index (χ3n) is 3.90. The summed E-state index contributed by atoms with van der Waals surface area (Å²) in [7, 11) is 0. The van der Waals surface area contributed by atoms with Gasteiger partial charge in [-0.1, -0.05) is 38.1 Å². The Hall–Kier alpha value is -1.74. The fourth-order valence-electron chi connectivity index (χ4n) is 2.71. The van der Waals surface area contributed by atoms with Gasteiger partial charge in [0, 0.05) is 17.8 Å². The summed E-state index contributed by atoms with van der Waals surface area (Å²) in [6, 6.07) is 8.44. The van der Waals surface area contributed by atoms with Gasteiger partial charge < -0.3 is 5.73 Å². The molecule has 3 nitrogen and oxygen atoms in total. The molecule has 0 radical (unpaired) electrons. The van der Waals surface area contributed by atoms with Crippen molar-refractivity contribution in [1.82, 2.24) is 9.97 Å². The van der Waals surface area contributed by atoms with Gasteiger partial charge in [0.1, 0.15) is 5.82 Å². The third-order valence-corrected chi connectivity index (χ3v) is 3.90. The maximum atomic E-state index is 5.73. The van der Waals surface area contributed by atoms with Crippen LogP contribution in [0.2, 0.25) is 0 Å². The highest BCUT2D eigenvalue weighted by Gasteiger charge is 2.12. The minimum absolute atomic E-state index is 0.653. The Labute approximate surface area is 127 Å². The molecule has 2 N–H and O–H groups in total. The molecular weight excluding hydrogens is 258 g/mol. The van der Waals surface area contributed by atoms with E-state index in [1.807, 2.05) is 0 Å². The Kier molecular flexibility index (Phi) is 5.45. The normalized spacial score (nSPS) is 10.9. The lowest BCUT2D eigenvalue weighted by Gasteiger charge is -2.14. The van der Waals surface area contributed by atoms with Gasteiger partial charge in [-0.3, -0.25) is 0 Å². The summed E-state index contributed by atoms with van der Waals surface area (Å²) in [6.07, 6.45) is 3.55. The van der Waals surface area contributed by atoms with Crippen molar-refractivity contribution in [2.75, 3.05) is 6.54 Å². The summed E-state index contributed by atoms with van der Waals surface area (Å²) < 4.78 is 0. The minimum Gasteiger partial charge on any atom is -0.330 e. The van der Waals surface area contributed by atoms with Crippen LogP contribution in [-0.2, 0) is 25.7 Å². The Morgan fingerprint density at radius 1 is 1.00 bits per heavy atom. The third kappa shape index (κ3) is 3.67. The van der Waals surface area contributed by atoms with Gasteiger partial charge >= 0.3 is 0 Å². The molecule has 1 aromatic heterocycles. The van der Waals surface area contributed by atoms with Crippen LogP contribution < -0.4 is 5.73 Å². The molecule has 21 heavy (non-hydrogen) atoms. The van der Waals surface area contributed by atoms with E-state index in [2.05, 4.69) is 45.0 Å². The van der Waals surface area contributed by atoms with Crippen LogP contribution in [0.1, 0.15) is 47.8 Å². The van der Waals surface area contributed by atoms with Crippen molar-refractivity contribution in [3.8, 4) is 0 Å². The predicted octanol–water partition coefficient (Wildman–Crippen LogP) is 3.00. The van der Waals surface area contributed by atoms with Gasteiger partial charge in [-0.05, 0) is 49.4 Å². The molecule has 0 aliphatic rings. The minimum atomic E-state index is 0.653. The van der Waals surface area contributed by atoms with Crippen molar-refractivity contribution >= 4 is 0 Å². The molecule has 2 rings (SSSR count). The molecule has 0 amide bonds. The average molecular weight is 283 g/mol. The van der Waals surface area contributed by atoms with Crippen molar-refractivity contribution in [2.24, 2.45) is 5.73 Å². The van der Waals surface area contributed by atoms with Crippen LogP contribution in [0.15, 0.2) is 24.3 Å². The maximum Gasteiger partial charge on any atom is 0.133 e. The molecule has 0 atom stereocenters. The highest BCUT2D eigenvalue weighted by Crippen LogP contribution is 2.17. The summed E-state index contributed by atoms with van der Waals surface area (Å²) in [5.74, 6) is 0.929. The second kappa shape index (κ2) is 7.32. The second-order valence-electron chi connectivity index (χ2n) is 5.36. The lowest BCUT2D eigenvalue weighted by atomic mass is 10.0. The number of nitrogens with zero attached hydrogens (tertiary/aromatic N) is 2. The molecule has 0 spiro atoms. The second-order valence-corrected chi connectivity index (χ2v) is 5.36. The van der Waals surface area contributed by atoms with E-state index in [0.29, 0.717) is 6.54 Å². The smallest absolute Gasteiger partial charge is 0.133 e. The Bertz CT molecular complexity index is 580. The number of rotatable bonds is 6. The van der Waals surface area contributed by atoms with Gasteiger partial charge in [-0.2, -0.15) is 0 Å². The first-order valence-electron chi connectivity index (χ1n) is 7.81. The van der Waals surface area contributed by atoms with Crippen LogP contribution >= 0.6 is 0 Å². The summed E-state index contributed by atoms with van der Waals surface area (Å²) in [6.45, 7) is 7.10. The fraction of sp³-hybridized carbons (Fsp3) is 0.444. The van der Waals surface area contributed by atoms with Crippen molar-refractivity contribution in [1.29, 1.82) is 0 Å². The van der Waals surface area contributed by atoms with Gasteiger partial charge in [-0.25, -0.2) is 9.97 Å². The van der Waals surface area contributed by atoms with E-state index < -0.39 is 0 Å². The zero-order chi connectivity index (χ0) is 15.2. The SMILES string of the molecule is CCc1nc(Cc2ccccc2C)nc(CC)c1CCN. The highest BCUT2D eigenvalue weighted by molar-refractivity contribution is 5.31. The van der Waals surface area contributed by atoms with Crippen molar-refractivity contribution in [2.45, 2.75) is 46.5 Å². The van der Waals surface area contributed by atoms with E-state index in [1.54, 1.807) is 0 Å². The molecule has 0 saturated heterocycles. The Balaban J connectivity index is 2.39. The molecule has 2 aromatic rings. The topological polar surface area (TPSA) is 51.8 Å². The van der Waals surface area contributed by atoms with Crippen LogP contribution in [0.5, 0.6) is 0 Å². The first kappa shape index (κ1) is 15.6. The summed E-state index contributed by atoms with van der Waals surface area (Å²) >= 11 is 0. The van der Waals surface area contributed by atoms with E-state index in [4.69, 9.17) is 15.7 Å². The standard InChI is InChI=1S/C18H25N3/c1-4-16-15(10-11-19)17(5-2)21-18(20-16)12-14-9-7-6-8-13(14)3/h6-9H,4-5,10-12,19H2,1-3H3. The summed E-state index contributed by atoms with van der Waals surface area (Å²) in [5.41, 5.74) is 11.9. The zero-order valence-electron chi connectivity index (χ0n) is 13.3. The Morgan fingerprint density at radius 3 is 2.14 bits per heavy atom. The molecular formula is C18H25N3. The van der Waals surface area contributed by atoms with Gasteiger partial charge in [-0.15, -0.1) is 0 Å². The van der Waals surface area contributed by atoms with E-state index in [-0.39, 0.29) is 0 Å². The van der Waals surface area contributed by atoms with Gasteiger partial charge in [0.05, 0.1) is 0 Å². The Morgan fingerprint density at radius 2 is 1.62 bits per heavy atom. The molecule has 0 bridgehead atoms. The number of hydrogen-bond donors (Lipinski definition) is 1. The number of aromatic nitrogens is 2. The first-order chi connectivity index (χ1) is 10.2. The van der Waals surface area contributed by atoms with E-state index in [9.17, 15) is 0 Å². The molecule has 112 valence electrons. The van der Waals surface area contributed by atoms with Gasteiger partial charge in [0.2, 0.25) is 0 Å². The fourth-order valence-corrected chi connectivity index (χ4v) is 2.71. The van der Waals surface area contributed by atoms with E-state index >= 15 is 0 Å². The summed E-state index contributed by atoms with van der Waals surface area (Å²) in [5, 5.41) is 0. The first-order valence-corrected chi connectivity index (χ1v) is 7.81. The van der Waals surface area contributed by atoms with Crippen molar-refractivity contribution in [3.63, 3.8) is 0 Å². The predicted molar refractivity (Wildman–Crippen MR) is 87.5 cm³/mol. The van der Waals surface area contributed by atoms with Crippen LogP contribution in [0, 0.1) is 6.92 Å². The molecule has 1 aromatic carbocycles. The average Bonchev–Trinajstić information content (AvgIpc) is 2.50. The zero-order valence-corrected chi connectivity index (χ0v) is 13.3. The van der Waals surface area contributed by atoms with E-state index in [1.165, 1.54) is 16.7 Å². The quantitative estimate of drug-likeness (QED) is 0.886. The summed E-state index contributed by atoms with van der Waals surface area (Å²) in [4.78, 5) is 9.58. The van der Waals surface area contributed by atoms with Crippen LogP contribution in [0.3, 0.4) is 0 Å². The van der Waals surface area contributed by atoms with E-state index in [0.717, 1.165) is 42.9 Å². The number of nitrogens with two attached hydrogens (primary N) is 1. The lowest BCUT2D eigenvalue weighted by Crippen LogP contribution is -2.13. The van der Waals surface area contributed by atoms with Crippen molar-refractivity contribution in [3.05, 3.63) is 58.2 Å². The number of aryl methyl sites for hydroxylation is 3.